The molecule has 1 unspecified atom stereocenters. The van der Waals surface area contributed by atoms with Gasteiger partial charge in [0, 0.05) is 22.4 Å². The highest BCUT2D eigenvalue weighted by atomic mass is 35.5. The number of ketones is 1. The molecule has 0 fully saturated rings. The number of nitrogens with zero attached hydrogens (tertiary/aromatic N) is 1. The first-order valence-electron chi connectivity index (χ1n) is 9.34. The molecule has 5 nitrogen and oxygen atoms in total. The van der Waals surface area contributed by atoms with E-state index in [1.165, 1.54) is 11.8 Å². The molecule has 1 aliphatic rings. The molecular formula is C23H20ClNO4. The number of anilines is 1. The summed E-state index contributed by atoms with van der Waals surface area (Å²) in [6, 6.07) is 18.6. The van der Waals surface area contributed by atoms with Crippen molar-refractivity contribution in [3.63, 3.8) is 0 Å². The molecule has 1 aliphatic heterocycles. The zero-order valence-corrected chi connectivity index (χ0v) is 16.6. The predicted molar refractivity (Wildman–Crippen MR) is 112 cm³/mol. The second kappa shape index (κ2) is 7.50. The maximum absolute atomic E-state index is 13.0. The van der Waals surface area contributed by atoms with Crippen LogP contribution < -0.4 is 9.64 Å². The van der Waals surface area contributed by atoms with E-state index in [-0.39, 0.29) is 25.4 Å². The van der Waals surface area contributed by atoms with Crippen LogP contribution in [0, 0.1) is 0 Å². The van der Waals surface area contributed by atoms with Crippen LogP contribution in [-0.4, -0.2) is 29.9 Å². The van der Waals surface area contributed by atoms with E-state index in [0.29, 0.717) is 16.3 Å². The van der Waals surface area contributed by atoms with Gasteiger partial charge in [0.2, 0.25) is 0 Å². The smallest absolute Gasteiger partial charge is 0.264 e. The van der Waals surface area contributed by atoms with Crippen molar-refractivity contribution in [3.8, 4) is 5.75 Å². The summed E-state index contributed by atoms with van der Waals surface area (Å²) in [5, 5.41) is 13.5. The number of fused-ring (bicyclic) bond motifs is 2. The van der Waals surface area contributed by atoms with Gasteiger partial charge in [-0.25, -0.2) is 0 Å². The van der Waals surface area contributed by atoms with Gasteiger partial charge in [0.1, 0.15) is 18.1 Å². The van der Waals surface area contributed by atoms with Crippen LogP contribution in [0.2, 0.25) is 5.02 Å². The number of rotatable bonds is 6. The summed E-state index contributed by atoms with van der Waals surface area (Å²) in [6.45, 7) is 1.82. The molecule has 148 valence electrons. The second-order valence-corrected chi connectivity index (χ2v) is 7.62. The summed E-state index contributed by atoms with van der Waals surface area (Å²) in [6.07, 6.45) is -0.292. The summed E-state index contributed by atoms with van der Waals surface area (Å²) in [5.41, 5.74) is -0.995. The maximum Gasteiger partial charge on any atom is 0.264 e. The molecule has 0 saturated heterocycles. The van der Waals surface area contributed by atoms with E-state index in [1.807, 2.05) is 42.5 Å². The van der Waals surface area contributed by atoms with Crippen molar-refractivity contribution >= 4 is 39.8 Å². The number of halogens is 1. The van der Waals surface area contributed by atoms with E-state index in [9.17, 15) is 14.7 Å². The fraction of sp³-hybridized carbons (Fsp3) is 0.217. The highest BCUT2D eigenvalue weighted by Crippen LogP contribution is 2.43. The molecule has 1 atom stereocenters. The first-order chi connectivity index (χ1) is 13.9. The van der Waals surface area contributed by atoms with E-state index >= 15 is 0 Å². The summed E-state index contributed by atoms with van der Waals surface area (Å²) in [5.74, 6) is -0.0859. The van der Waals surface area contributed by atoms with Gasteiger partial charge >= 0.3 is 0 Å². The molecule has 0 spiro atoms. The maximum atomic E-state index is 13.0. The average Bonchev–Trinajstić information content (AvgIpc) is 2.89. The van der Waals surface area contributed by atoms with E-state index in [2.05, 4.69) is 0 Å². The Kier molecular flexibility index (Phi) is 5.03. The Morgan fingerprint density at radius 2 is 1.90 bits per heavy atom. The fourth-order valence-electron chi connectivity index (χ4n) is 3.84. The Morgan fingerprint density at radius 3 is 2.69 bits per heavy atom. The van der Waals surface area contributed by atoms with Crippen molar-refractivity contribution in [2.75, 3.05) is 18.1 Å². The van der Waals surface area contributed by atoms with Gasteiger partial charge in [-0.1, -0.05) is 48.0 Å². The van der Waals surface area contributed by atoms with Gasteiger partial charge in [0.15, 0.2) is 5.60 Å². The van der Waals surface area contributed by atoms with Crippen LogP contribution in [0.1, 0.15) is 18.9 Å². The van der Waals surface area contributed by atoms with Crippen molar-refractivity contribution in [3.05, 3.63) is 71.2 Å². The highest BCUT2D eigenvalue weighted by Gasteiger charge is 2.50. The Labute approximate surface area is 173 Å². The third-order valence-electron chi connectivity index (χ3n) is 5.12. The van der Waals surface area contributed by atoms with Gasteiger partial charge in [-0.15, -0.1) is 0 Å². The molecule has 0 bridgehead atoms. The number of hydrogen-bond donors (Lipinski definition) is 1. The monoisotopic (exact) mass is 409 g/mol. The Morgan fingerprint density at radius 1 is 1.14 bits per heavy atom. The lowest BCUT2D eigenvalue weighted by Gasteiger charge is -2.22. The molecule has 0 saturated carbocycles. The third kappa shape index (κ3) is 3.48. The first-order valence-corrected chi connectivity index (χ1v) is 9.72. The quantitative estimate of drug-likeness (QED) is 0.666. The summed E-state index contributed by atoms with van der Waals surface area (Å²) >= 11 is 6.07. The van der Waals surface area contributed by atoms with Crippen molar-refractivity contribution in [2.45, 2.75) is 18.9 Å². The topological polar surface area (TPSA) is 66.8 Å². The van der Waals surface area contributed by atoms with Gasteiger partial charge in [-0.3, -0.25) is 9.59 Å². The number of hydrogen-bond acceptors (Lipinski definition) is 4. The van der Waals surface area contributed by atoms with Crippen LogP contribution in [0.5, 0.6) is 5.75 Å². The highest BCUT2D eigenvalue weighted by molar-refractivity contribution is 6.31. The van der Waals surface area contributed by atoms with Crippen molar-refractivity contribution < 1.29 is 19.4 Å². The molecule has 0 aromatic heterocycles. The van der Waals surface area contributed by atoms with Crippen LogP contribution in [0.15, 0.2) is 60.7 Å². The number of aliphatic hydroxyl groups is 1. The minimum absolute atomic E-state index is 0.233. The summed E-state index contributed by atoms with van der Waals surface area (Å²) in [4.78, 5) is 26.2. The number of carbonyl (C=O) groups excluding carboxylic acids is 2. The fourth-order valence-corrected chi connectivity index (χ4v) is 4.02. The number of ether oxygens (including phenoxy) is 1. The summed E-state index contributed by atoms with van der Waals surface area (Å²) < 4.78 is 5.95. The summed E-state index contributed by atoms with van der Waals surface area (Å²) in [7, 11) is 0. The minimum atomic E-state index is -1.90. The van der Waals surface area contributed by atoms with Crippen LogP contribution in [0.25, 0.3) is 10.8 Å². The number of carbonyl (C=O) groups is 2. The SMILES string of the molecule is CC(=O)CC1(O)C(=O)N(CCOc2cccc3ccccc23)c2ccc(Cl)cc21. The number of benzene rings is 3. The molecule has 6 heteroatoms. The van der Waals surface area contributed by atoms with Crippen molar-refractivity contribution in [2.24, 2.45) is 0 Å². The lowest BCUT2D eigenvalue weighted by molar-refractivity contribution is -0.141. The molecule has 3 aromatic carbocycles. The van der Waals surface area contributed by atoms with Crippen molar-refractivity contribution in [1.82, 2.24) is 0 Å². The van der Waals surface area contributed by atoms with Gasteiger partial charge in [0.05, 0.1) is 12.2 Å². The zero-order chi connectivity index (χ0) is 20.6. The molecule has 1 amide bonds. The van der Waals surface area contributed by atoms with Crippen LogP contribution in [0.4, 0.5) is 5.69 Å². The Balaban J connectivity index is 1.57. The first kappa shape index (κ1) is 19.4. The van der Waals surface area contributed by atoms with E-state index < -0.39 is 11.5 Å². The average molecular weight is 410 g/mol. The lowest BCUT2D eigenvalue weighted by atomic mass is 9.90. The Bertz CT molecular complexity index is 1110. The van der Waals surface area contributed by atoms with Gasteiger partial charge in [-0.2, -0.15) is 0 Å². The van der Waals surface area contributed by atoms with Gasteiger partial charge in [-0.05, 0) is 36.6 Å². The molecular weight excluding hydrogens is 390 g/mol. The molecule has 0 aliphatic carbocycles. The number of Topliss-reactive ketones (excluding diaryl/α,β-unsaturated/α-hetero) is 1. The molecule has 3 aromatic rings. The molecule has 0 radical (unpaired) electrons. The van der Waals surface area contributed by atoms with Crippen LogP contribution >= 0.6 is 11.6 Å². The van der Waals surface area contributed by atoms with Crippen molar-refractivity contribution in [1.29, 1.82) is 0 Å². The second-order valence-electron chi connectivity index (χ2n) is 7.18. The van der Waals surface area contributed by atoms with Crippen LogP contribution in [-0.2, 0) is 15.2 Å². The molecule has 29 heavy (non-hydrogen) atoms. The molecule has 1 N–H and O–H groups in total. The minimum Gasteiger partial charge on any atom is -0.491 e. The van der Waals surface area contributed by atoms with E-state index in [1.54, 1.807) is 18.2 Å². The lowest BCUT2D eigenvalue weighted by Crippen LogP contribution is -2.43. The largest absolute Gasteiger partial charge is 0.491 e. The zero-order valence-electron chi connectivity index (χ0n) is 15.9. The van der Waals surface area contributed by atoms with E-state index in [0.717, 1.165) is 16.5 Å². The van der Waals surface area contributed by atoms with E-state index in [4.69, 9.17) is 16.3 Å². The van der Waals surface area contributed by atoms with Gasteiger partial charge in [0.25, 0.3) is 5.91 Å². The predicted octanol–water partition coefficient (Wildman–Crippen LogP) is 4.09. The normalized spacial score (nSPS) is 18.2. The third-order valence-corrected chi connectivity index (χ3v) is 5.36. The van der Waals surface area contributed by atoms with Crippen LogP contribution in [0.3, 0.4) is 0 Å². The Hall–Kier alpha value is -2.89. The standard InChI is InChI=1S/C23H20ClNO4/c1-15(26)14-23(28)19-13-17(24)9-10-20(19)25(22(23)27)11-12-29-21-8-4-6-16-5-2-3-7-18(16)21/h2-10,13,28H,11-12,14H2,1H3. The molecule has 4 rings (SSSR count). The molecule has 1 heterocycles. The van der Waals surface area contributed by atoms with Gasteiger partial charge < -0.3 is 14.7 Å². The number of amides is 1.